The molecule has 0 heterocycles. The monoisotopic (exact) mass is 269 g/mol. The maximum Gasteiger partial charge on any atom is 1.00 e. The van der Waals surface area contributed by atoms with Gasteiger partial charge in [-0.3, -0.25) is 4.79 Å². The normalized spacial score (nSPS) is 10.4. The minimum atomic E-state index is -4.67. The van der Waals surface area contributed by atoms with E-state index in [1.807, 2.05) is 5.32 Å². The number of carboxylic acids is 1. The molecule has 0 aromatic heterocycles. The van der Waals surface area contributed by atoms with Gasteiger partial charge >= 0.3 is 35.7 Å². The Kier molecular flexibility index (Phi) is 6.37. The summed E-state index contributed by atoms with van der Waals surface area (Å²) in [5, 5.41) is 11.9. The van der Waals surface area contributed by atoms with Crippen molar-refractivity contribution in [3.8, 4) is 0 Å². The minimum absolute atomic E-state index is 0. The second kappa shape index (κ2) is 6.77. The molecule has 92 valence electrons. The summed E-state index contributed by atoms with van der Waals surface area (Å²) in [5.74, 6) is -2.69. The second-order valence-corrected chi connectivity index (χ2v) is 3.10. The maximum atomic E-state index is 12.5. The van der Waals surface area contributed by atoms with Gasteiger partial charge in [0.25, 0.3) is 5.91 Å². The van der Waals surface area contributed by atoms with Gasteiger partial charge in [-0.15, -0.1) is 0 Å². The van der Waals surface area contributed by atoms with Crippen LogP contribution >= 0.6 is 0 Å². The zero-order valence-electron chi connectivity index (χ0n) is 9.38. The van der Waals surface area contributed by atoms with Gasteiger partial charge in [-0.1, -0.05) is 12.1 Å². The van der Waals surface area contributed by atoms with Crippen LogP contribution in [0.5, 0.6) is 0 Å². The zero-order valence-corrected chi connectivity index (χ0v) is 11.4. The quantitative estimate of drug-likeness (QED) is 0.602. The first kappa shape index (κ1) is 16.9. The van der Waals surface area contributed by atoms with Crippen LogP contribution in [0.25, 0.3) is 0 Å². The number of nitrogens with one attached hydrogen (secondary N) is 1. The largest absolute Gasteiger partial charge is 1.00 e. The number of carboxylic acid groups (broad SMARTS) is 1. The van der Waals surface area contributed by atoms with Gasteiger partial charge in [0.05, 0.1) is 23.6 Å². The molecule has 1 aromatic carbocycles. The van der Waals surface area contributed by atoms with Crippen molar-refractivity contribution in [2.24, 2.45) is 0 Å². The van der Waals surface area contributed by atoms with E-state index in [0.717, 1.165) is 18.2 Å². The first-order valence-electron chi connectivity index (χ1n) is 4.46. The van der Waals surface area contributed by atoms with E-state index in [0.29, 0.717) is 0 Å². The summed E-state index contributed by atoms with van der Waals surface area (Å²) in [4.78, 5) is 21.4. The molecule has 1 N–H and O–H groups in total. The summed E-state index contributed by atoms with van der Waals surface area (Å²) >= 11 is 0. The van der Waals surface area contributed by atoms with Crippen molar-refractivity contribution in [1.82, 2.24) is 5.32 Å². The summed E-state index contributed by atoms with van der Waals surface area (Å²) < 4.78 is 37.5. The predicted octanol–water partition coefficient (Wildman–Crippen LogP) is -2.81. The molecule has 0 unspecified atom stereocenters. The van der Waals surface area contributed by atoms with Gasteiger partial charge in [0.2, 0.25) is 0 Å². The number of hydrogen-bond acceptors (Lipinski definition) is 3. The Balaban J connectivity index is 0.00000289. The topological polar surface area (TPSA) is 69.2 Å². The molecule has 0 radical (unpaired) electrons. The molecule has 1 aromatic rings. The van der Waals surface area contributed by atoms with Crippen molar-refractivity contribution in [3.63, 3.8) is 0 Å². The van der Waals surface area contributed by atoms with E-state index >= 15 is 0 Å². The average Bonchev–Trinajstić information content (AvgIpc) is 2.24. The second-order valence-electron chi connectivity index (χ2n) is 3.10. The fourth-order valence-electron chi connectivity index (χ4n) is 1.18. The summed E-state index contributed by atoms with van der Waals surface area (Å²) in [6, 6.07) is 4.10. The van der Waals surface area contributed by atoms with Crippen molar-refractivity contribution in [2.45, 2.75) is 6.18 Å². The number of hydrogen-bond donors (Lipinski definition) is 1. The van der Waals surface area contributed by atoms with Crippen LogP contribution < -0.4 is 40.0 Å². The molecule has 0 spiro atoms. The van der Waals surface area contributed by atoms with Crippen LogP contribution in [0.3, 0.4) is 0 Å². The third-order valence-electron chi connectivity index (χ3n) is 1.87. The molecule has 0 aliphatic rings. The van der Waals surface area contributed by atoms with Gasteiger partial charge in [-0.05, 0) is 12.1 Å². The van der Waals surface area contributed by atoms with Crippen LogP contribution in [-0.4, -0.2) is 18.4 Å². The van der Waals surface area contributed by atoms with Crippen LogP contribution in [0.2, 0.25) is 0 Å². The Morgan fingerprint density at radius 3 is 2.28 bits per heavy atom. The first-order chi connectivity index (χ1) is 7.82. The van der Waals surface area contributed by atoms with E-state index in [2.05, 4.69) is 0 Å². The third-order valence-corrected chi connectivity index (χ3v) is 1.87. The Hall–Kier alpha value is -1.05. The molecule has 4 nitrogen and oxygen atoms in total. The number of halogens is 3. The molecule has 0 aliphatic carbocycles. The molecular weight excluding hydrogens is 262 g/mol. The zero-order chi connectivity index (χ0) is 13.1. The summed E-state index contributed by atoms with van der Waals surface area (Å²) in [5.41, 5.74) is -1.74. The number of alkyl halides is 3. The molecule has 0 aliphatic heterocycles. The number of aliphatic carboxylic acids is 1. The van der Waals surface area contributed by atoms with E-state index in [4.69, 9.17) is 0 Å². The van der Waals surface area contributed by atoms with E-state index in [9.17, 15) is 27.9 Å². The molecule has 0 fully saturated rings. The Morgan fingerprint density at radius 2 is 1.78 bits per heavy atom. The average molecular weight is 269 g/mol. The fourth-order valence-corrected chi connectivity index (χ4v) is 1.18. The van der Waals surface area contributed by atoms with Gasteiger partial charge < -0.3 is 15.2 Å². The maximum absolute atomic E-state index is 12.5. The Labute approximate surface area is 122 Å². The number of rotatable bonds is 3. The Bertz CT molecular complexity index is 448. The third kappa shape index (κ3) is 4.67. The van der Waals surface area contributed by atoms with Crippen LogP contribution in [-0.2, 0) is 11.0 Å². The molecule has 1 rings (SSSR count). The number of amides is 1. The number of carbonyl (C=O) groups excluding carboxylic acids is 2. The van der Waals surface area contributed by atoms with Gasteiger partial charge in [0, 0.05) is 0 Å². The minimum Gasteiger partial charge on any atom is -0.548 e. The summed E-state index contributed by atoms with van der Waals surface area (Å²) in [6.45, 7) is -0.842. The van der Waals surface area contributed by atoms with Crippen LogP contribution in [0, 0.1) is 0 Å². The van der Waals surface area contributed by atoms with Gasteiger partial charge in [0.15, 0.2) is 0 Å². The molecular formula is C10H7F3NNaO3. The van der Waals surface area contributed by atoms with E-state index in [-0.39, 0.29) is 29.6 Å². The van der Waals surface area contributed by atoms with Gasteiger partial charge in [-0.2, -0.15) is 13.2 Å². The molecule has 18 heavy (non-hydrogen) atoms. The van der Waals surface area contributed by atoms with Crippen molar-refractivity contribution >= 4 is 11.9 Å². The summed E-state index contributed by atoms with van der Waals surface area (Å²) in [7, 11) is 0. The first-order valence-corrected chi connectivity index (χ1v) is 4.46. The van der Waals surface area contributed by atoms with Gasteiger partial charge in [0.1, 0.15) is 0 Å². The molecule has 0 atom stereocenters. The van der Waals surface area contributed by atoms with Crippen molar-refractivity contribution in [1.29, 1.82) is 0 Å². The molecule has 0 bridgehead atoms. The van der Waals surface area contributed by atoms with Gasteiger partial charge in [-0.25, -0.2) is 0 Å². The number of benzene rings is 1. The summed E-state index contributed by atoms with van der Waals surface area (Å²) in [6.07, 6.45) is -4.67. The number of carbonyl (C=O) groups is 2. The molecule has 1 amide bonds. The van der Waals surface area contributed by atoms with E-state index in [1.165, 1.54) is 6.07 Å². The van der Waals surface area contributed by atoms with Crippen molar-refractivity contribution in [2.75, 3.05) is 6.54 Å². The van der Waals surface area contributed by atoms with Crippen molar-refractivity contribution in [3.05, 3.63) is 35.4 Å². The smallest absolute Gasteiger partial charge is 0.548 e. The van der Waals surface area contributed by atoms with Crippen molar-refractivity contribution < 1.29 is 57.4 Å². The Morgan fingerprint density at radius 1 is 1.22 bits per heavy atom. The SMILES string of the molecule is O=C([O-])CNC(=O)c1ccccc1C(F)(F)F.[Na+]. The van der Waals surface area contributed by atoms with Crippen LogP contribution in [0.4, 0.5) is 13.2 Å². The predicted molar refractivity (Wildman–Crippen MR) is 48.8 cm³/mol. The molecule has 0 saturated heterocycles. The van der Waals surface area contributed by atoms with E-state index in [1.54, 1.807) is 0 Å². The van der Waals surface area contributed by atoms with E-state index < -0.39 is 35.7 Å². The fraction of sp³-hybridized carbons (Fsp3) is 0.200. The van der Waals surface area contributed by atoms with Crippen LogP contribution in [0.15, 0.2) is 24.3 Å². The molecule has 8 heteroatoms. The van der Waals surface area contributed by atoms with Crippen LogP contribution in [0.1, 0.15) is 15.9 Å². The standard InChI is InChI=1S/C10H8F3NO3.Na/c11-10(12,13)7-4-2-1-3-6(7)9(17)14-5-8(15)16;/h1-4H,5H2,(H,14,17)(H,15,16);/q;+1/p-1. The molecule has 0 saturated carbocycles.